The Hall–Kier alpha value is -0.610. The monoisotopic (exact) mass is 326 g/mol. The average Bonchev–Trinajstić information content (AvgIpc) is 2.31. The van der Waals surface area contributed by atoms with Gasteiger partial charge in [-0.2, -0.15) is 0 Å². The lowest BCUT2D eigenvalue weighted by molar-refractivity contribution is 0.349. The van der Waals surface area contributed by atoms with E-state index in [1.807, 2.05) is 12.1 Å². The van der Waals surface area contributed by atoms with E-state index in [9.17, 15) is 0 Å². The molecule has 1 aliphatic carbocycles. The number of benzene rings is 1. The summed E-state index contributed by atoms with van der Waals surface area (Å²) in [6.07, 6.45) is 5.18. The topological polar surface area (TPSA) is 38.0 Å². The van der Waals surface area contributed by atoms with E-state index in [-0.39, 0.29) is 0 Å². The second-order valence-electron chi connectivity index (χ2n) is 5.04. The van der Waals surface area contributed by atoms with Crippen LogP contribution in [0.25, 0.3) is 0 Å². The van der Waals surface area contributed by atoms with Crippen molar-refractivity contribution in [2.45, 2.75) is 38.6 Å². The molecule has 0 bridgehead atoms. The molecule has 0 aromatic heterocycles. The summed E-state index contributed by atoms with van der Waals surface area (Å²) in [4.78, 5) is 0.438. The second kappa shape index (κ2) is 6.02. The van der Waals surface area contributed by atoms with Gasteiger partial charge in [-0.3, -0.25) is 0 Å². The number of thiocarbonyl (C=S) groups is 1. The first-order chi connectivity index (χ1) is 8.59. The number of nitrogens with two attached hydrogens (primary N) is 1. The third-order valence-electron chi connectivity index (χ3n) is 3.71. The predicted molar refractivity (Wildman–Crippen MR) is 85.1 cm³/mol. The van der Waals surface area contributed by atoms with Crippen molar-refractivity contribution in [2.75, 3.05) is 5.32 Å². The predicted octanol–water partition coefficient (Wildman–Crippen LogP) is 4.07. The molecule has 0 amide bonds. The molecule has 3 N–H and O–H groups in total. The number of rotatable bonds is 3. The molecule has 1 aromatic rings. The van der Waals surface area contributed by atoms with Gasteiger partial charge in [-0.25, -0.2) is 0 Å². The first kappa shape index (κ1) is 13.8. The van der Waals surface area contributed by atoms with E-state index >= 15 is 0 Å². The minimum atomic E-state index is 0.438. The standard InChI is InChI=1S/C14H19BrN2S/c1-9-5-2-3-7-11(9)17-12-8-4-6-10(15)13(12)14(16)18/h4,6,8-9,11,17H,2-3,5,7H2,1H3,(H2,16,18). The third-order valence-corrected chi connectivity index (χ3v) is 4.58. The van der Waals surface area contributed by atoms with Gasteiger partial charge in [0, 0.05) is 21.8 Å². The smallest absolute Gasteiger partial charge is 0.107 e. The maximum atomic E-state index is 5.82. The van der Waals surface area contributed by atoms with Gasteiger partial charge in [-0.15, -0.1) is 0 Å². The van der Waals surface area contributed by atoms with Gasteiger partial charge in [-0.1, -0.05) is 38.0 Å². The van der Waals surface area contributed by atoms with Crippen molar-refractivity contribution in [1.82, 2.24) is 0 Å². The van der Waals surface area contributed by atoms with E-state index in [1.165, 1.54) is 25.7 Å². The van der Waals surface area contributed by atoms with Crippen molar-refractivity contribution in [3.8, 4) is 0 Å². The van der Waals surface area contributed by atoms with Gasteiger partial charge < -0.3 is 11.1 Å². The quantitative estimate of drug-likeness (QED) is 0.822. The van der Waals surface area contributed by atoms with Gasteiger partial charge in [0.15, 0.2) is 0 Å². The summed E-state index contributed by atoms with van der Waals surface area (Å²) in [5.41, 5.74) is 7.79. The Bertz CT molecular complexity index is 447. The molecule has 0 spiro atoms. The molecular weight excluding hydrogens is 308 g/mol. The SMILES string of the molecule is CC1CCCCC1Nc1cccc(Br)c1C(N)=S. The van der Waals surface area contributed by atoms with Crippen molar-refractivity contribution in [3.63, 3.8) is 0 Å². The van der Waals surface area contributed by atoms with Crippen LogP contribution >= 0.6 is 28.1 Å². The maximum Gasteiger partial charge on any atom is 0.107 e. The largest absolute Gasteiger partial charge is 0.389 e. The van der Waals surface area contributed by atoms with Gasteiger partial charge in [-0.05, 0) is 46.8 Å². The van der Waals surface area contributed by atoms with Gasteiger partial charge in [0.25, 0.3) is 0 Å². The average molecular weight is 327 g/mol. The fraction of sp³-hybridized carbons (Fsp3) is 0.500. The lowest BCUT2D eigenvalue weighted by Crippen LogP contribution is -2.31. The Morgan fingerprint density at radius 3 is 2.78 bits per heavy atom. The number of halogens is 1. The lowest BCUT2D eigenvalue weighted by Gasteiger charge is -2.31. The summed E-state index contributed by atoms with van der Waals surface area (Å²) in [6.45, 7) is 2.31. The molecule has 2 unspecified atom stereocenters. The molecular formula is C14H19BrN2S. The molecule has 0 heterocycles. The van der Waals surface area contributed by atoms with Crippen LogP contribution in [0.15, 0.2) is 22.7 Å². The second-order valence-corrected chi connectivity index (χ2v) is 6.33. The molecule has 2 nitrogen and oxygen atoms in total. The fourth-order valence-corrected chi connectivity index (χ4v) is 3.56. The van der Waals surface area contributed by atoms with Crippen LogP contribution < -0.4 is 11.1 Å². The lowest BCUT2D eigenvalue weighted by atomic mass is 9.85. The van der Waals surface area contributed by atoms with Crippen LogP contribution in [-0.4, -0.2) is 11.0 Å². The van der Waals surface area contributed by atoms with Crippen LogP contribution in [0.3, 0.4) is 0 Å². The van der Waals surface area contributed by atoms with Crippen molar-refractivity contribution in [2.24, 2.45) is 11.7 Å². The molecule has 1 aliphatic rings. The summed E-state index contributed by atoms with van der Waals surface area (Å²) in [6, 6.07) is 6.58. The molecule has 4 heteroatoms. The summed E-state index contributed by atoms with van der Waals surface area (Å²) >= 11 is 8.66. The van der Waals surface area contributed by atoms with Crippen molar-refractivity contribution in [3.05, 3.63) is 28.2 Å². The molecule has 0 saturated heterocycles. The number of nitrogens with one attached hydrogen (secondary N) is 1. The van der Waals surface area contributed by atoms with Crippen LogP contribution in [0.1, 0.15) is 38.2 Å². The highest BCUT2D eigenvalue weighted by Gasteiger charge is 2.22. The minimum absolute atomic E-state index is 0.438. The van der Waals surface area contributed by atoms with E-state index in [1.54, 1.807) is 0 Å². The number of anilines is 1. The minimum Gasteiger partial charge on any atom is -0.389 e. The van der Waals surface area contributed by atoms with Crippen LogP contribution in [0.2, 0.25) is 0 Å². The van der Waals surface area contributed by atoms with Gasteiger partial charge >= 0.3 is 0 Å². The summed E-state index contributed by atoms with van der Waals surface area (Å²) in [7, 11) is 0. The Morgan fingerprint density at radius 2 is 2.11 bits per heavy atom. The van der Waals surface area contributed by atoms with Gasteiger partial charge in [0.1, 0.15) is 4.99 Å². The van der Waals surface area contributed by atoms with Gasteiger partial charge in [0.2, 0.25) is 0 Å². The van der Waals surface area contributed by atoms with Crippen molar-refractivity contribution >= 4 is 38.8 Å². The molecule has 0 radical (unpaired) electrons. The van der Waals surface area contributed by atoms with E-state index < -0.39 is 0 Å². The first-order valence-electron chi connectivity index (χ1n) is 6.44. The number of hydrogen-bond acceptors (Lipinski definition) is 2. The Balaban J connectivity index is 2.23. The van der Waals surface area contributed by atoms with Crippen LogP contribution in [0.5, 0.6) is 0 Å². The first-order valence-corrected chi connectivity index (χ1v) is 7.64. The zero-order valence-electron chi connectivity index (χ0n) is 10.6. The molecule has 0 aliphatic heterocycles. The fourth-order valence-electron chi connectivity index (χ4n) is 2.63. The van der Waals surface area contributed by atoms with E-state index in [0.29, 0.717) is 16.9 Å². The van der Waals surface area contributed by atoms with Gasteiger partial charge in [0.05, 0.1) is 0 Å². The zero-order chi connectivity index (χ0) is 13.1. The highest BCUT2D eigenvalue weighted by Crippen LogP contribution is 2.30. The Morgan fingerprint density at radius 1 is 1.39 bits per heavy atom. The molecule has 1 aromatic carbocycles. The summed E-state index contributed by atoms with van der Waals surface area (Å²) < 4.78 is 0.962. The Labute approximate surface area is 122 Å². The summed E-state index contributed by atoms with van der Waals surface area (Å²) in [5, 5.41) is 3.62. The number of hydrogen-bond donors (Lipinski definition) is 2. The highest BCUT2D eigenvalue weighted by molar-refractivity contribution is 9.10. The molecule has 98 valence electrons. The Kier molecular flexibility index (Phi) is 4.62. The van der Waals surface area contributed by atoms with E-state index in [2.05, 4.69) is 34.2 Å². The van der Waals surface area contributed by atoms with Crippen molar-refractivity contribution in [1.29, 1.82) is 0 Å². The summed E-state index contributed by atoms with van der Waals surface area (Å²) in [5.74, 6) is 0.705. The highest BCUT2D eigenvalue weighted by atomic mass is 79.9. The molecule has 1 saturated carbocycles. The van der Waals surface area contributed by atoms with Crippen LogP contribution in [0.4, 0.5) is 5.69 Å². The zero-order valence-corrected chi connectivity index (χ0v) is 13.0. The van der Waals surface area contributed by atoms with Crippen LogP contribution in [0, 0.1) is 5.92 Å². The van der Waals surface area contributed by atoms with E-state index in [4.69, 9.17) is 18.0 Å². The van der Waals surface area contributed by atoms with Crippen LogP contribution in [-0.2, 0) is 0 Å². The molecule has 18 heavy (non-hydrogen) atoms. The normalized spacial score (nSPS) is 23.7. The maximum absolute atomic E-state index is 5.82. The molecule has 1 fully saturated rings. The van der Waals surface area contributed by atoms with E-state index in [0.717, 1.165) is 15.7 Å². The third kappa shape index (κ3) is 3.04. The molecule has 2 atom stereocenters. The molecule has 2 rings (SSSR count). The van der Waals surface area contributed by atoms with Crippen molar-refractivity contribution < 1.29 is 0 Å².